The number of guanidine groups is 2. The highest BCUT2D eigenvalue weighted by Crippen LogP contribution is 2.02. The van der Waals surface area contributed by atoms with Crippen LogP contribution in [-0.4, -0.2) is 86.7 Å². The smallest absolute Gasteiger partial charge is 0.394 e. The van der Waals surface area contributed by atoms with E-state index in [1.165, 1.54) is 0 Å². The summed E-state index contributed by atoms with van der Waals surface area (Å²) in [6.45, 7) is -0.779. The van der Waals surface area contributed by atoms with Crippen LogP contribution in [0.25, 0.3) is 0 Å². The number of aliphatic hydroxyl groups is 4. The molecule has 0 aromatic heterocycles. The molecule has 17 heteroatoms. The molecule has 16 nitrogen and oxygen atoms in total. The standard InChI is InChI=1S/C8H18N8O4.H2O4S/c9-7(10)15-13-1-3(14-16-8(11)12)5(19)6(20)4(18)2-17;1-5(2,3)4/h1,4-6,17-20H,2H2,(H4,9,10,15)(H4,11,12,16);(H2,1,2,3,4)/t4-,5-,6-;/m1./s1. The molecule has 3 atom stereocenters. The third-order valence-corrected chi connectivity index (χ3v) is 1.85. The highest BCUT2D eigenvalue weighted by molar-refractivity contribution is 7.79. The van der Waals surface area contributed by atoms with E-state index < -0.39 is 41.3 Å². The van der Waals surface area contributed by atoms with Gasteiger partial charge in [0.25, 0.3) is 0 Å². The average molecular weight is 388 g/mol. The predicted octanol–water partition coefficient (Wildman–Crippen LogP) is -5.70. The van der Waals surface area contributed by atoms with E-state index in [1.54, 1.807) is 0 Å². The summed E-state index contributed by atoms with van der Waals surface area (Å²) >= 11 is 0. The van der Waals surface area contributed by atoms with Crippen LogP contribution in [-0.2, 0) is 10.4 Å². The minimum atomic E-state index is -4.67. The number of nitrogens with two attached hydrogens (primary N) is 4. The molecule has 0 aliphatic carbocycles. The third-order valence-electron chi connectivity index (χ3n) is 1.85. The molecule has 146 valence electrons. The third kappa shape index (κ3) is 16.2. The monoisotopic (exact) mass is 388 g/mol. The lowest BCUT2D eigenvalue weighted by Crippen LogP contribution is -2.44. The van der Waals surface area contributed by atoms with Gasteiger partial charge >= 0.3 is 10.4 Å². The molecule has 0 unspecified atom stereocenters. The van der Waals surface area contributed by atoms with Crippen molar-refractivity contribution in [3.05, 3.63) is 0 Å². The van der Waals surface area contributed by atoms with E-state index in [4.69, 9.17) is 45.6 Å². The van der Waals surface area contributed by atoms with Crippen LogP contribution in [0.2, 0.25) is 0 Å². The maximum absolute atomic E-state index is 9.75. The van der Waals surface area contributed by atoms with Crippen LogP contribution in [0.5, 0.6) is 0 Å². The Balaban J connectivity index is 0. The lowest BCUT2D eigenvalue weighted by molar-refractivity contribution is -0.0548. The Kier molecular flexibility index (Phi) is 11.9. The van der Waals surface area contributed by atoms with Crippen molar-refractivity contribution in [2.24, 2.45) is 43.3 Å². The van der Waals surface area contributed by atoms with Gasteiger partial charge in [-0.25, -0.2) is 0 Å². The van der Waals surface area contributed by atoms with Gasteiger partial charge in [0.05, 0.1) is 12.8 Å². The first-order valence-corrected chi connectivity index (χ1v) is 7.32. The zero-order chi connectivity index (χ0) is 20.2. The van der Waals surface area contributed by atoms with Crippen molar-refractivity contribution in [3.63, 3.8) is 0 Å². The molecule has 0 radical (unpaired) electrons. The second-order valence-electron chi connectivity index (χ2n) is 3.95. The van der Waals surface area contributed by atoms with Crippen LogP contribution in [0.1, 0.15) is 0 Å². The fraction of sp³-hybridized carbons (Fsp3) is 0.500. The Morgan fingerprint density at radius 1 is 0.960 bits per heavy atom. The number of hydrogen-bond donors (Lipinski definition) is 10. The molecule has 0 saturated carbocycles. The van der Waals surface area contributed by atoms with Gasteiger partial charge in [-0.1, -0.05) is 0 Å². The molecular formula is C8H20N8O8S. The summed E-state index contributed by atoms with van der Waals surface area (Å²) in [6.07, 6.45) is -4.23. The van der Waals surface area contributed by atoms with Gasteiger partial charge in [0.1, 0.15) is 24.0 Å². The van der Waals surface area contributed by atoms with Crippen molar-refractivity contribution in [2.45, 2.75) is 18.3 Å². The first kappa shape index (κ1) is 24.8. The van der Waals surface area contributed by atoms with Crippen molar-refractivity contribution in [2.75, 3.05) is 6.61 Å². The van der Waals surface area contributed by atoms with E-state index in [9.17, 15) is 15.3 Å². The Bertz CT molecular complexity index is 602. The lowest BCUT2D eigenvalue weighted by Gasteiger charge is -2.20. The Hall–Kier alpha value is -2.41. The van der Waals surface area contributed by atoms with Crippen LogP contribution in [0.3, 0.4) is 0 Å². The largest absolute Gasteiger partial charge is 0.394 e. The van der Waals surface area contributed by atoms with Gasteiger partial charge in [-0.05, 0) is 0 Å². The van der Waals surface area contributed by atoms with Crippen molar-refractivity contribution in [1.29, 1.82) is 0 Å². The van der Waals surface area contributed by atoms with E-state index in [2.05, 4.69) is 20.4 Å². The van der Waals surface area contributed by atoms with Crippen LogP contribution in [0, 0.1) is 0 Å². The van der Waals surface area contributed by atoms with Gasteiger partial charge in [0.2, 0.25) is 11.9 Å². The normalized spacial score (nSPS) is 15.5. The van der Waals surface area contributed by atoms with Crippen molar-refractivity contribution in [1.82, 2.24) is 0 Å². The molecule has 0 rings (SSSR count). The van der Waals surface area contributed by atoms with Crippen LogP contribution < -0.4 is 22.9 Å². The fourth-order valence-corrected chi connectivity index (χ4v) is 0.925. The van der Waals surface area contributed by atoms with Crippen LogP contribution in [0.15, 0.2) is 20.4 Å². The number of rotatable bonds is 7. The topological polar surface area (TPSA) is 309 Å². The van der Waals surface area contributed by atoms with Gasteiger partial charge in [0, 0.05) is 0 Å². The zero-order valence-electron chi connectivity index (χ0n) is 12.5. The van der Waals surface area contributed by atoms with Gasteiger partial charge in [0.15, 0.2) is 0 Å². The van der Waals surface area contributed by atoms with E-state index in [0.717, 1.165) is 6.21 Å². The van der Waals surface area contributed by atoms with Crippen molar-refractivity contribution in [3.8, 4) is 0 Å². The lowest BCUT2D eigenvalue weighted by atomic mass is 10.0. The molecule has 0 aromatic rings. The van der Waals surface area contributed by atoms with Gasteiger partial charge in [-0.3, -0.25) is 9.11 Å². The second kappa shape index (κ2) is 12.0. The van der Waals surface area contributed by atoms with E-state index in [-0.39, 0.29) is 11.7 Å². The molecule has 25 heavy (non-hydrogen) atoms. The molecule has 0 fully saturated rings. The summed E-state index contributed by atoms with van der Waals surface area (Å²) in [5, 5.41) is 50.5. The summed E-state index contributed by atoms with van der Waals surface area (Å²) < 4.78 is 31.6. The maximum Gasteiger partial charge on any atom is 0.394 e. The summed E-state index contributed by atoms with van der Waals surface area (Å²) in [5.41, 5.74) is 19.8. The predicted molar refractivity (Wildman–Crippen MR) is 86.8 cm³/mol. The molecule has 0 aliphatic heterocycles. The van der Waals surface area contributed by atoms with Crippen molar-refractivity contribution < 1.29 is 37.9 Å². The number of hydrogen-bond acceptors (Lipinski definition) is 10. The van der Waals surface area contributed by atoms with Crippen LogP contribution >= 0.6 is 0 Å². The van der Waals surface area contributed by atoms with E-state index >= 15 is 0 Å². The fourth-order valence-electron chi connectivity index (χ4n) is 0.925. The van der Waals surface area contributed by atoms with Crippen LogP contribution in [0.4, 0.5) is 0 Å². The number of nitrogens with zero attached hydrogens (tertiary/aromatic N) is 4. The number of aliphatic hydroxyl groups excluding tert-OH is 4. The Labute approximate surface area is 141 Å². The van der Waals surface area contributed by atoms with E-state index in [0.29, 0.717) is 0 Å². The molecule has 14 N–H and O–H groups in total. The minimum Gasteiger partial charge on any atom is -0.394 e. The summed E-state index contributed by atoms with van der Waals surface area (Å²) in [7, 11) is -4.67. The highest BCUT2D eigenvalue weighted by atomic mass is 32.3. The molecular weight excluding hydrogens is 368 g/mol. The Morgan fingerprint density at radius 3 is 1.76 bits per heavy atom. The summed E-state index contributed by atoms with van der Waals surface area (Å²) in [6, 6.07) is 0. The van der Waals surface area contributed by atoms with Gasteiger partial charge < -0.3 is 43.4 Å². The quantitative estimate of drug-likeness (QED) is 0.0843. The first-order chi connectivity index (χ1) is 11.3. The van der Waals surface area contributed by atoms with Gasteiger partial charge in [-0.15, -0.1) is 15.3 Å². The molecule has 0 bridgehead atoms. The first-order valence-electron chi connectivity index (χ1n) is 5.93. The minimum absolute atomic E-state index is 0.344. The summed E-state index contributed by atoms with van der Waals surface area (Å²) in [5.74, 6) is -0.769. The van der Waals surface area contributed by atoms with Crippen molar-refractivity contribution >= 4 is 34.2 Å². The zero-order valence-corrected chi connectivity index (χ0v) is 13.3. The molecule has 0 spiro atoms. The van der Waals surface area contributed by atoms with Gasteiger partial charge in [-0.2, -0.15) is 13.5 Å². The Morgan fingerprint density at radius 2 is 1.40 bits per heavy atom. The SMILES string of the molecule is NC(N)=NN=CC(=NN=C(N)N)[C@@H](O)[C@H](O)[C@H](O)CO.O=S(=O)(O)O. The summed E-state index contributed by atoms with van der Waals surface area (Å²) in [4.78, 5) is 0. The second-order valence-corrected chi connectivity index (χ2v) is 4.85. The molecule has 0 amide bonds. The molecule has 0 aliphatic rings. The molecule has 0 saturated heterocycles. The maximum atomic E-state index is 9.75. The average Bonchev–Trinajstić information content (AvgIpc) is 2.46. The molecule has 0 heterocycles. The van der Waals surface area contributed by atoms with E-state index in [1.807, 2.05) is 0 Å². The molecule has 0 aromatic carbocycles. The highest BCUT2D eigenvalue weighted by Gasteiger charge is 2.27.